The summed E-state index contributed by atoms with van der Waals surface area (Å²) in [6.07, 6.45) is 0. The van der Waals surface area contributed by atoms with Gasteiger partial charge in [-0.05, 0) is 37.3 Å². The molecule has 7 heteroatoms. The molecule has 0 saturated carbocycles. The van der Waals surface area contributed by atoms with Gasteiger partial charge >= 0.3 is 11.9 Å². The summed E-state index contributed by atoms with van der Waals surface area (Å²) in [5, 5.41) is 0.138. The molecule has 2 aromatic carbocycles. The van der Waals surface area contributed by atoms with E-state index in [1.165, 1.54) is 25.1 Å². The van der Waals surface area contributed by atoms with E-state index in [0.29, 0.717) is 11.1 Å². The number of Topliss-reactive ketones (excluding diaryl/α,β-unsaturated/α-hetero) is 1. The zero-order valence-corrected chi connectivity index (χ0v) is 15.9. The molecular weight excluding hydrogens is 404 g/mol. The Morgan fingerprint density at radius 3 is 2.42 bits per heavy atom. The first-order valence-electron chi connectivity index (χ1n) is 7.69. The minimum Gasteiger partial charge on any atom is -0.453 e. The van der Waals surface area contributed by atoms with Crippen LogP contribution in [0.4, 0.5) is 0 Å². The van der Waals surface area contributed by atoms with Crippen LogP contribution in [0.15, 0.2) is 42.5 Å². The van der Waals surface area contributed by atoms with Crippen LogP contribution in [-0.2, 0) is 9.53 Å². The first-order valence-corrected chi connectivity index (χ1v) is 8.81. The number of hydrogen-bond donors (Lipinski definition) is 0. The summed E-state index contributed by atoms with van der Waals surface area (Å²) in [6, 6.07) is 11.4. The molecule has 0 unspecified atom stereocenters. The number of aryl methyl sites for hydroxylation is 1. The van der Waals surface area contributed by atoms with Gasteiger partial charge in [-0.25, -0.2) is 4.79 Å². The molecule has 0 radical (unpaired) electrons. The van der Waals surface area contributed by atoms with Gasteiger partial charge in [-0.3, -0.25) is 9.59 Å². The summed E-state index contributed by atoms with van der Waals surface area (Å²) in [6.45, 7) is 2.74. The van der Waals surface area contributed by atoms with Gasteiger partial charge in [0, 0.05) is 12.5 Å². The normalized spacial score (nSPS) is 10.1. The van der Waals surface area contributed by atoms with E-state index in [4.69, 9.17) is 14.2 Å². The van der Waals surface area contributed by atoms with E-state index in [2.05, 4.69) is 15.9 Å². The van der Waals surface area contributed by atoms with Crippen molar-refractivity contribution in [2.24, 2.45) is 0 Å². The highest BCUT2D eigenvalue weighted by Gasteiger charge is 2.16. The predicted molar refractivity (Wildman–Crippen MR) is 98.0 cm³/mol. The SMILES string of the molecule is CC(=O)OCOc1cc(C(=O)CBr)ccc1OC(=O)c1cccc(C)c1. The molecule has 2 rings (SSSR count). The summed E-state index contributed by atoms with van der Waals surface area (Å²) >= 11 is 3.10. The molecule has 0 aliphatic rings. The maximum Gasteiger partial charge on any atom is 0.343 e. The van der Waals surface area contributed by atoms with Gasteiger partial charge in [-0.1, -0.05) is 33.6 Å². The minimum absolute atomic E-state index is 0.120. The number of ketones is 1. The topological polar surface area (TPSA) is 78.9 Å². The first kappa shape index (κ1) is 19.7. The Balaban J connectivity index is 2.25. The van der Waals surface area contributed by atoms with Crippen molar-refractivity contribution in [1.82, 2.24) is 0 Å². The van der Waals surface area contributed by atoms with Gasteiger partial charge in [0.1, 0.15) is 0 Å². The summed E-state index contributed by atoms with van der Waals surface area (Å²) < 4.78 is 15.5. The van der Waals surface area contributed by atoms with Gasteiger partial charge in [-0.2, -0.15) is 0 Å². The lowest BCUT2D eigenvalue weighted by molar-refractivity contribution is -0.147. The third kappa shape index (κ3) is 5.42. The second-order valence-electron chi connectivity index (χ2n) is 5.38. The van der Waals surface area contributed by atoms with E-state index in [0.717, 1.165) is 5.56 Å². The molecule has 136 valence electrons. The van der Waals surface area contributed by atoms with Crippen LogP contribution in [0.2, 0.25) is 0 Å². The Morgan fingerprint density at radius 2 is 1.77 bits per heavy atom. The average Bonchev–Trinajstić information content (AvgIpc) is 2.62. The van der Waals surface area contributed by atoms with Crippen LogP contribution in [-0.4, -0.2) is 29.8 Å². The third-order valence-electron chi connectivity index (χ3n) is 3.32. The lowest BCUT2D eigenvalue weighted by Gasteiger charge is -2.13. The molecule has 0 bridgehead atoms. The molecule has 0 spiro atoms. The molecule has 0 aromatic heterocycles. The number of halogens is 1. The van der Waals surface area contributed by atoms with Crippen molar-refractivity contribution >= 4 is 33.7 Å². The molecule has 6 nitrogen and oxygen atoms in total. The third-order valence-corrected chi connectivity index (χ3v) is 3.83. The molecule has 0 aliphatic carbocycles. The number of ether oxygens (including phenoxy) is 3. The zero-order chi connectivity index (χ0) is 19.1. The summed E-state index contributed by atoms with van der Waals surface area (Å²) in [7, 11) is 0. The van der Waals surface area contributed by atoms with Crippen LogP contribution in [0.1, 0.15) is 33.2 Å². The van der Waals surface area contributed by atoms with Crippen LogP contribution in [0.25, 0.3) is 0 Å². The highest BCUT2D eigenvalue weighted by molar-refractivity contribution is 9.09. The summed E-state index contributed by atoms with van der Waals surface area (Å²) in [5.74, 6) is -1.01. The maximum atomic E-state index is 12.3. The Bertz CT molecular complexity index is 831. The van der Waals surface area contributed by atoms with Crippen molar-refractivity contribution in [1.29, 1.82) is 0 Å². The van der Waals surface area contributed by atoms with E-state index < -0.39 is 11.9 Å². The number of alkyl halides is 1. The Kier molecular flexibility index (Phi) is 6.91. The van der Waals surface area contributed by atoms with E-state index in [1.807, 2.05) is 13.0 Å². The number of carbonyl (C=O) groups excluding carboxylic acids is 3. The fourth-order valence-corrected chi connectivity index (χ4v) is 2.39. The second kappa shape index (κ2) is 9.15. The monoisotopic (exact) mass is 420 g/mol. The van der Waals surface area contributed by atoms with E-state index in [9.17, 15) is 14.4 Å². The lowest BCUT2D eigenvalue weighted by Crippen LogP contribution is -2.12. The fraction of sp³-hybridized carbons (Fsp3) is 0.211. The van der Waals surface area contributed by atoms with E-state index >= 15 is 0 Å². The summed E-state index contributed by atoms with van der Waals surface area (Å²) in [4.78, 5) is 35.1. The molecule has 0 heterocycles. The smallest absolute Gasteiger partial charge is 0.343 e. The highest BCUT2D eigenvalue weighted by atomic mass is 79.9. The van der Waals surface area contributed by atoms with Crippen molar-refractivity contribution in [2.75, 3.05) is 12.1 Å². The number of benzene rings is 2. The molecule has 0 atom stereocenters. The Morgan fingerprint density at radius 1 is 1.00 bits per heavy atom. The molecule has 0 fully saturated rings. The summed E-state index contributed by atoms with van der Waals surface area (Å²) in [5.41, 5.74) is 1.68. The average molecular weight is 421 g/mol. The molecule has 0 amide bonds. The number of carbonyl (C=O) groups is 3. The van der Waals surface area contributed by atoms with Crippen LogP contribution in [0.3, 0.4) is 0 Å². The van der Waals surface area contributed by atoms with Crippen molar-refractivity contribution in [2.45, 2.75) is 13.8 Å². The Hall–Kier alpha value is -2.67. The zero-order valence-electron chi connectivity index (χ0n) is 14.3. The lowest BCUT2D eigenvalue weighted by atomic mass is 10.1. The van der Waals surface area contributed by atoms with Gasteiger partial charge in [-0.15, -0.1) is 0 Å². The molecular formula is C19H17BrO6. The van der Waals surface area contributed by atoms with Crippen LogP contribution in [0, 0.1) is 6.92 Å². The standard InChI is InChI=1S/C19H17BrO6/c1-12-4-3-5-15(8-12)19(23)26-17-7-6-14(16(22)10-20)9-18(17)25-11-24-13(2)21/h3-9H,10-11H2,1-2H3. The molecule has 0 aliphatic heterocycles. The number of esters is 2. The van der Waals surface area contributed by atoms with Crippen molar-refractivity contribution < 1.29 is 28.6 Å². The molecule has 2 aromatic rings. The van der Waals surface area contributed by atoms with Gasteiger partial charge in [0.2, 0.25) is 6.79 Å². The van der Waals surface area contributed by atoms with Gasteiger partial charge in [0.15, 0.2) is 17.3 Å². The Labute approximate surface area is 159 Å². The van der Waals surface area contributed by atoms with Crippen LogP contribution < -0.4 is 9.47 Å². The maximum absolute atomic E-state index is 12.3. The quantitative estimate of drug-likeness (QED) is 0.223. The van der Waals surface area contributed by atoms with Crippen LogP contribution in [0.5, 0.6) is 11.5 Å². The number of hydrogen-bond acceptors (Lipinski definition) is 6. The van der Waals surface area contributed by atoms with Crippen molar-refractivity contribution in [3.63, 3.8) is 0 Å². The first-order chi connectivity index (χ1) is 12.4. The van der Waals surface area contributed by atoms with E-state index in [-0.39, 0.29) is 29.4 Å². The predicted octanol–water partition coefficient (Wildman–Crippen LogP) is 3.69. The molecule has 0 saturated heterocycles. The second-order valence-corrected chi connectivity index (χ2v) is 5.94. The van der Waals surface area contributed by atoms with Gasteiger partial charge in [0.05, 0.1) is 10.9 Å². The van der Waals surface area contributed by atoms with E-state index in [1.54, 1.807) is 18.2 Å². The van der Waals surface area contributed by atoms with Crippen molar-refractivity contribution in [3.8, 4) is 11.5 Å². The molecule has 26 heavy (non-hydrogen) atoms. The fourth-order valence-electron chi connectivity index (χ4n) is 2.06. The largest absolute Gasteiger partial charge is 0.453 e. The number of rotatable bonds is 7. The van der Waals surface area contributed by atoms with Gasteiger partial charge in [0.25, 0.3) is 0 Å². The molecule has 0 N–H and O–H groups in total. The van der Waals surface area contributed by atoms with Crippen LogP contribution >= 0.6 is 15.9 Å². The minimum atomic E-state index is -0.564. The van der Waals surface area contributed by atoms with Gasteiger partial charge < -0.3 is 14.2 Å². The van der Waals surface area contributed by atoms with Crippen molar-refractivity contribution in [3.05, 3.63) is 59.2 Å². The highest BCUT2D eigenvalue weighted by Crippen LogP contribution is 2.30.